The van der Waals surface area contributed by atoms with Crippen molar-refractivity contribution in [1.29, 1.82) is 0 Å². The predicted octanol–water partition coefficient (Wildman–Crippen LogP) is 5.56. The van der Waals surface area contributed by atoms with Crippen LogP contribution >= 0.6 is 0 Å². The molecule has 0 unspecified atom stereocenters. The summed E-state index contributed by atoms with van der Waals surface area (Å²) in [5, 5.41) is 11.0. The minimum Gasteiger partial charge on any atom is -0.507 e. The van der Waals surface area contributed by atoms with Crippen LogP contribution in [0.2, 0.25) is 0 Å². The third-order valence-corrected chi connectivity index (χ3v) is 5.54. The van der Waals surface area contributed by atoms with Gasteiger partial charge in [-0.15, -0.1) is 0 Å². The van der Waals surface area contributed by atoms with Crippen LogP contribution in [0.15, 0.2) is 29.1 Å². The molecule has 0 bridgehead atoms. The summed E-state index contributed by atoms with van der Waals surface area (Å²) in [4.78, 5) is 19.1. The maximum absolute atomic E-state index is 13.3. The van der Waals surface area contributed by atoms with E-state index in [1.807, 2.05) is 17.0 Å². The third-order valence-electron chi connectivity index (χ3n) is 5.54. The first-order valence-corrected chi connectivity index (χ1v) is 10.1. The Morgan fingerprint density at radius 2 is 1.61 bits per heavy atom. The fourth-order valence-electron chi connectivity index (χ4n) is 4.00. The Morgan fingerprint density at radius 1 is 1.07 bits per heavy atom. The summed E-state index contributed by atoms with van der Waals surface area (Å²) in [5.74, 6) is 0.395. The summed E-state index contributed by atoms with van der Waals surface area (Å²) in [6.45, 7) is 12.5. The molecule has 0 atom stereocenters. The van der Waals surface area contributed by atoms with Gasteiger partial charge in [0.25, 0.3) is 5.91 Å². The number of hydrogen-bond acceptors (Lipinski definition) is 4. The summed E-state index contributed by atoms with van der Waals surface area (Å²) >= 11 is 0. The zero-order valence-corrected chi connectivity index (χ0v) is 17.9. The Hall–Kier alpha value is -2.30. The average molecular weight is 385 g/mol. The van der Waals surface area contributed by atoms with E-state index in [1.165, 1.54) is 12.6 Å². The van der Waals surface area contributed by atoms with Crippen molar-refractivity contribution in [2.45, 2.75) is 84.1 Å². The van der Waals surface area contributed by atoms with Gasteiger partial charge in [0.1, 0.15) is 5.75 Å². The largest absolute Gasteiger partial charge is 0.507 e. The minimum absolute atomic E-state index is 0.128. The molecule has 3 rings (SSSR count). The molecule has 0 spiro atoms. The Bertz CT molecular complexity index is 801. The van der Waals surface area contributed by atoms with E-state index in [9.17, 15) is 9.90 Å². The summed E-state index contributed by atoms with van der Waals surface area (Å²) in [6, 6.07) is 4.07. The van der Waals surface area contributed by atoms with Gasteiger partial charge in [-0.05, 0) is 35.8 Å². The standard InChI is InChI=1S/C23H32N2O3/c1-22(2,3)17-11-16(12-18(20(17)26)23(4,5)6)25(15-9-7-8-10-15)21(27)19-13-24-14-28-19/h11-15,26H,7-10H2,1-6H3. The van der Waals surface area contributed by atoms with Crippen LogP contribution in [-0.2, 0) is 10.8 Å². The van der Waals surface area contributed by atoms with Crippen LogP contribution in [0.25, 0.3) is 0 Å². The monoisotopic (exact) mass is 384 g/mol. The second kappa shape index (κ2) is 7.26. The van der Waals surface area contributed by atoms with Gasteiger partial charge < -0.3 is 14.4 Å². The zero-order valence-electron chi connectivity index (χ0n) is 17.9. The topological polar surface area (TPSA) is 66.6 Å². The molecule has 5 nitrogen and oxygen atoms in total. The van der Waals surface area contributed by atoms with Crippen LogP contribution in [0.3, 0.4) is 0 Å². The molecule has 1 saturated carbocycles. The van der Waals surface area contributed by atoms with E-state index in [4.69, 9.17) is 4.42 Å². The number of amides is 1. The van der Waals surface area contributed by atoms with E-state index in [0.717, 1.165) is 42.5 Å². The van der Waals surface area contributed by atoms with E-state index in [0.29, 0.717) is 5.75 Å². The van der Waals surface area contributed by atoms with Crippen molar-refractivity contribution in [3.8, 4) is 5.75 Å². The highest BCUT2D eigenvalue weighted by atomic mass is 16.3. The van der Waals surface area contributed by atoms with Crippen LogP contribution < -0.4 is 4.90 Å². The second-order valence-corrected chi connectivity index (χ2v) is 9.87. The van der Waals surface area contributed by atoms with E-state index in [-0.39, 0.29) is 28.5 Å². The van der Waals surface area contributed by atoms with E-state index < -0.39 is 0 Å². The molecule has 1 heterocycles. The smallest absolute Gasteiger partial charge is 0.295 e. The Balaban J connectivity index is 2.20. The molecule has 1 aromatic carbocycles. The number of aromatic nitrogens is 1. The van der Waals surface area contributed by atoms with Gasteiger partial charge in [0.15, 0.2) is 6.39 Å². The number of oxazole rings is 1. The van der Waals surface area contributed by atoms with Crippen molar-refractivity contribution in [3.63, 3.8) is 0 Å². The molecule has 1 aliphatic rings. The summed E-state index contributed by atoms with van der Waals surface area (Å²) < 4.78 is 5.32. The van der Waals surface area contributed by atoms with Crippen molar-refractivity contribution in [3.05, 3.63) is 41.6 Å². The molecule has 5 heteroatoms. The molecule has 1 aliphatic carbocycles. The van der Waals surface area contributed by atoms with Gasteiger partial charge in [0.05, 0.1) is 6.20 Å². The number of carbonyl (C=O) groups is 1. The molecule has 0 radical (unpaired) electrons. The molecule has 1 aromatic heterocycles. The Morgan fingerprint density at radius 3 is 2.04 bits per heavy atom. The molecule has 1 fully saturated rings. The number of phenols is 1. The number of hydrogen-bond donors (Lipinski definition) is 1. The highest BCUT2D eigenvalue weighted by Gasteiger charge is 2.34. The van der Waals surface area contributed by atoms with Gasteiger partial charge in [-0.1, -0.05) is 54.4 Å². The van der Waals surface area contributed by atoms with Crippen molar-refractivity contribution >= 4 is 11.6 Å². The Kier molecular flexibility index (Phi) is 5.30. The molecule has 1 N–H and O–H groups in total. The quantitative estimate of drug-likeness (QED) is 0.752. The lowest BCUT2D eigenvalue weighted by molar-refractivity contribution is 0.0950. The highest BCUT2D eigenvalue weighted by molar-refractivity contribution is 6.04. The normalized spacial score (nSPS) is 15.8. The lowest BCUT2D eigenvalue weighted by Crippen LogP contribution is -2.39. The van der Waals surface area contributed by atoms with Crippen molar-refractivity contribution in [2.24, 2.45) is 0 Å². The van der Waals surface area contributed by atoms with Gasteiger partial charge >= 0.3 is 0 Å². The molecule has 152 valence electrons. The van der Waals surface area contributed by atoms with Gasteiger partial charge in [-0.2, -0.15) is 0 Å². The lowest BCUT2D eigenvalue weighted by atomic mass is 9.79. The van der Waals surface area contributed by atoms with Gasteiger partial charge in [-0.3, -0.25) is 4.79 Å². The maximum Gasteiger partial charge on any atom is 0.295 e. The second-order valence-electron chi connectivity index (χ2n) is 9.87. The molecule has 0 aliphatic heterocycles. The summed E-state index contributed by atoms with van der Waals surface area (Å²) in [5.41, 5.74) is 2.01. The van der Waals surface area contributed by atoms with Crippen molar-refractivity contribution in [1.82, 2.24) is 4.98 Å². The van der Waals surface area contributed by atoms with Gasteiger partial charge in [0.2, 0.25) is 5.76 Å². The maximum atomic E-state index is 13.3. The number of anilines is 1. The fraction of sp³-hybridized carbons (Fsp3) is 0.565. The number of rotatable bonds is 3. The molecule has 2 aromatic rings. The summed E-state index contributed by atoms with van der Waals surface area (Å²) in [7, 11) is 0. The van der Waals surface area contributed by atoms with Crippen molar-refractivity contribution < 1.29 is 14.3 Å². The predicted molar refractivity (Wildman–Crippen MR) is 111 cm³/mol. The van der Waals surface area contributed by atoms with Gasteiger partial charge in [-0.25, -0.2) is 4.98 Å². The SMILES string of the molecule is CC(C)(C)c1cc(N(C(=O)c2cnco2)C2CCCC2)cc(C(C)(C)C)c1O. The zero-order chi connectivity index (χ0) is 20.7. The van der Waals surface area contributed by atoms with Crippen LogP contribution in [0, 0.1) is 0 Å². The van der Waals surface area contributed by atoms with E-state index in [1.54, 1.807) is 0 Å². The number of aromatic hydroxyl groups is 1. The van der Waals surface area contributed by atoms with Crippen LogP contribution in [-0.4, -0.2) is 22.0 Å². The third kappa shape index (κ3) is 3.94. The molecule has 28 heavy (non-hydrogen) atoms. The van der Waals surface area contributed by atoms with Crippen LogP contribution in [0.5, 0.6) is 5.75 Å². The number of carbonyl (C=O) groups excluding carboxylic acids is 1. The molecular weight excluding hydrogens is 352 g/mol. The first kappa shape index (κ1) is 20.4. The molecular formula is C23H32N2O3. The average Bonchev–Trinajstić information content (AvgIpc) is 3.27. The van der Waals surface area contributed by atoms with Gasteiger partial charge in [0, 0.05) is 22.9 Å². The van der Waals surface area contributed by atoms with Crippen LogP contribution in [0.1, 0.15) is 88.9 Å². The first-order valence-electron chi connectivity index (χ1n) is 10.1. The Labute approximate surface area is 167 Å². The minimum atomic E-state index is -0.253. The van der Waals surface area contributed by atoms with E-state index in [2.05, 4.69) is 46.5 Å². The van der Waals surface area contributed by atoms with E-state index >= 15 is 0 Å². The molecule has 0 saturated heterocycles. The number of nitrogens with zero attached hydrogens (tertiary/aromatic N) is 2. The number of benzene rings is 1. The molecule has 1 amide bonds. The van der Waals surface area contributed by atoms with Crippen LogP contribution in [0.4, 0.5) is 5.69 Å². The van der Waals surface area contributed by atoms with Crippen molar-refractivity contribution in [2.75, 3.05) is 4.90 Å². The lowest BCUT2D eigenvalue weighted by Gasteiger charge is -2.33. The first-order chi connectivity index (χ1) is 13.0. The number of phenolic OH excluding ortho intramolecular Hbond substituents is 1. The highest BCUT2D eigenvalue weighted by Crippen LogP contribution is 2.43. The summed E-state index contributed by atoms with van der Waals surface area (Å²) in [6.07, 6.45) is 6.92. The fourth-order valence-corrected chi connectivity index (χ4v) is 4.00.